The lowest BCUT2D eigenvalue weighted by Gasteiger charge is -2.09. The van der Waals surface area contributed by atoms with E-state index in [1.54, 1.807) is 0 Å². The standard InChI is InChI=1S/C15H34OSSi/c1-3-5-6-7-8-9-10-11-12-13-14-16-18(17)15-4-2/h17-18H,3-15H2,1-2H3. The molecular formula is C15H34OSSi. The Bertz CT molecular complexity index is 155. The minimum atomic E-state index is -1.09. The van der Waals surface area contributed by atoms with Crippen LogP contribution in [0.4, 0.5) is 0 Å². The predicted octanol–water partition coefficient (Wildman–Crippen LogP) is 5.48. The van der Waals surface area contributed by atoms with Gasteiger partial charge in [-0.05, 0) is 12.5 Å². The molecule has 0 rings (SSSR count). The van der Waals surface area contributed by atoms with Gasteiger partial charge in [-0.25, -0.2) is 0 Å². The number of unbranched alkanes of at least 4 members (excludes halogenated alkanes) is 9. The molecule has 0 spiro atoms. The number of thiol groups is 1. The van der Waals surface area contributed by atoms with Crippen molar-refractivity contribution in [3.63, 3.8) is 0 Å². The van der Waals surface area contributed by atoms with Crippen LogP contribution < -0.4 is 0 Å². The van der Waals surface area contributed by atoms with Crippen LogP contribution in [0.15, 0.2) is 0 Å². The van der Waals surface area contributed by atoms with Crippen molar-refractivity contribution >= 4 is 20.3 Å². The van der Waals surface area contributed by atoms with E-state index in [0.29, 0.717) is 0 Å². The quantitative estimate of drug-likeness (QED) is 0.253. The maximum absolute atomic E-state index is 5.76. The second-order valence-corrected chi connectivity index (χ2v) is 8.84. The Morgan fingerprint density at radius 3 is 1.72 bits per heavy atom. The van der Waals surface area contributed by atoms with Gasteiger partial charge in [-0.2, -0.15) is 12.1 Å². The van der Waals surface area contributed by atoms with Gasteiger partial charge < -0.3 is 4.43 Å². The Morgan fingerprint density at radius 2 is 1.22 bits per heavy atom. The maximum atomic E-state index is 5.76. The Hall–Kier alpha value is 0.527. The molecule has 0 fully saturated rings. The summed E-state index contributed by atoms with van der Waals surface area (Å²) in [6.07, 6.45) is 15.2. The molecule has 0 heterocycles. The molecule has 0 aromatic heterocycles. The van der Waals surface area contributed by atoms with Crippen molar-refractivity contribution in [2.45, 2.75) is 90.5 Å². The Morgan fingerprint density at radius 1 is 0.722 bits per heavy atom. The van der Waals surface area contributed by atoms with Crippen molar-refractivity contribution in [1.29, 1.82) is 0 Å². The van der Waals surface area contributed by atoms with Crippen molar-refractivity contribution in [2.75, 3.05) is 6.61 Å². The molecule has 110 valence electrons. The van der Waals surface area contributed by atoms with Crippen molar-refractivity contribution in [1.82, 2.24) is 0 Å². The van der Waals surface area contributed by atoms with E-state index in [1.165, 1.54) is 76.7 Å². The molecule has 18 heavy (non-hydrogen) atoms. The largest absolute Gasteiger partial charge is 0.410 e. The maximum Gasteiger partial charge on any atom is 0.235 e. The van der Waals surface area contributed by atoms with Gasteiger partial charge in [0.05, 0.1) is 0 Å². The summed E-state index contributed by atoms with van der Waals surface area (Å²) in [6.45, 7) is 5.44. The fraction of sp³-hybridized carbons (Fsp3) is 1.00. The van der Waals surface area contributed by atoms with Crippen LogP contribution in [-0.2, 0) is 4.43 Å². The molecule has 0 bridgehead atoms. The first kappa shape index (κ1) is 18.5. The summed E-state index contributed by atoms with van der Waals surface area (Å²) < 4.78 is 5.76. The third-order valence-corrected chi connectivity index (χ3v) is 6.26. The molecule has 0 aliphatic heterocycles. The molecule has 0 aromatic carbocycles. The molecule has 0 saturated carbocycles. The summed E-state index contributed by atoms with van der Waals surface area (Å²) in [6, 6.07) is 1.21. The molecule has 1 nitrogen and oxygen atoms in total. The predicted molar refractivity (Wildman–Crippen MR) is 89.0 cm³/mol. The van der Waals surface area contributed by atoms with E-state index in [0.717, 1.165) is 6.61 Å². The first-order chi connectivity index (χ1) is 8.81. The van der Waals surface area contributed by atoms with Crippen LogP contribution in [0.2, 0.25) is 6.04 Å². The molecule has 0 aromatic rings. The lowest BCUT2D eigenvalue weighted by atomic mass is 10.1. The molecule has 0 saturated heterocycles. The van der Waals surface area contributed by atoms with Gasteiger partial charge in [0.25, 0.3) is 0 Å². The zero-order valence-corrected chi connectivity index (χ0v) is 14.7. The van der Waals surface area contributed by atoms with Crippen LogP contribution in [0.25, 0.3) is 0 Å². The highest BCUT2D eigenvalue weighted by Crippen LogP contribution is 2.11. The summed E-state index contributed by atoms with van der Waals surface area (Å²) in [7, 11) is -1.09. The van der Waals surface area contributed by atoms with Gasteiger partial charge in [-0.3, -0.25) is 0 Å². The molecule has 0 aliphatic rings. The second kappa shape index (κ2) is 15.6. The van der Waals surface area contributed by atoms with Crippen molar-refractivity contribution < 1.29 is 4.43 Å². The van der Waals surface area contributed by atoms with E-state index in [9.17, 15) is 0 Å². The van der Waals surface area contributed by atoms with Gasteiger partial charge in [0.2, 0.25) is 8.19 Å². The monoisotopic (exact) mass is 290 g/mol. The average Bonchev–Trinajstić information content (AvgIpc) is 2.36. The fourth-order valence-electron chi connectivity index (χ4n) is 2.14. The lowest BCUT2D eigenvalue weighted by molar-refractivity contribution is 0.316. The first-order valence-corrected chi connectivity index (χ1v) is 11.5. The molecule has 0 aliphatic carbocycles. The Kier molecular flexibility index (Phi) is 16.0. The lowest BCUT2D eigenvalue weighted by Crippen LogP contribution is -2.10. The number of rotatable bonds is 14. The summed E-state index contributed by atoms with van der Waals surface area (Å²) >= 11 is 4.53. The van der Waals surface area contributed by atoms with Crippen molar-refractivity contribution in [2.24, 2.45) is 0 Å². The van der Waals surface area contributed by atoms with Crippen LogP contribution in [0.3, 0.4) is 0 Å². The third kappa shape index (κ3) is 14.6. The Labute approximate surface area is 122 Å². The van der Waals surface area contributed by atoms with Gasteiger partial charge >= 0.3 is 0 Å². The fourth-order valence-corrected chi connectivity index (χ4v) is 4.33. The van der Waals surface area contributed by atoms with E-state index in [-0.39, 0.29) is 0 Å². The van der Waals surface area contributed by atoms with Gasteiger partial charge in [-0.15, -0.1) is 0 Å². The highest BCUT2D eigenvalue weighted by Gasteiger charge is 2.03. The molecule has 3 heteroatoms. The van der Waals surface area contributed by atoms with E-state index >= 15 is 0 Å². The van der Waals surface area contributed by atoms with Gasteiger partial charge in [-0.1, -0.05) is 78.1 Å². The van der Waals surface area contributed by atoms with E-state index in [2.05, 4.69) is 25.9 Å². The minimum absolute atomic E-state index is 0.955. The minimum Gasteiger partial charge on any atom is -0.410 e. The third-order valence-electron chi connectivity index (χ3n) is 3.34. The zero-order chi connectivity index (χ0) is 13.5. The first-order valence-electron chi connectivity index (χ1n) is 8.11. The van der Waals surface area contributed by atoms with Crippen molar-refractivity contribution in [3.8, 4) is 0 Å². The SMILES string of the molecule is CCCCCCCCCCCCO[SiH](S)CCC. The Balaban J connectivity index is 2.98. The van der Waals surface area contributed by atoms with Crippen molar-refractivity contribution in [3.05, 3.63) is 0 Å². The molecular weight excluding hydrogens is 256 g/mol. The highest BCUT2D eigenvalue weighted by molar-refractivity contribution is 8.09. The average molecular weight is 291 g/mol. The molecule has 1 atom stereocenters. The number of hydrogen-bond donors (Lipinski definition) is 1. The van der Waals surface area contributed by atoms with Gasteiger partial charge in [0.15, 0.2) is 0 Å². The number of hydrogen-bond acceptors (Lipinski definition) is 2. The van der Waals surface area contributed by atoms with E-state index < -0.39 is 8.19 Å². The summed E-state index contributed by atoms with van der Waals surface area (Å²) in [5.41, 5.74) is 0. The molecule has 0 amide bonds. The van der Waals surface area contributed by atoms with Gasteiger partial charge in [0, 0.05) is 6.61 Å². The van der Waals surface area contributed by atoms with E-state index in [4.69, 9.17) is 4.43 Å². The summed E-state index contributed by atoms with van der Waals surface area (Å²) in [4.78, 5) is 0. The second-order valence-electron chi connectivity index (χ2n) is 5.30. The zero-order valence-electron chi connectivity index (χ0n) is 12.6. The van der Waals surface area contributed by atoms with Crippen LogP contribution in [-0.4, -0.2) is 14.8 Å². The molecule has 0 N–H and O–H groups in total. The normalized spacial score (nSPS) is 12.8. The van der Waals surface area contributed by atoms with Crippen LogP contribution in [0, 0.1) is 0 Å². The molecule has 0 radical (unpaired) electrons. The summed E-state index contributed by atoms with van der Waals surface area (Å²) in [5.74, 6) is 0. The topological polar surface area (TPSA) is 9.23 Å². The highest BCUT2D eigenvalue weighted by atomic mass is 32.3. The summed E-state index contributed by atoms with van der Waals surface area (Å²) in [5, 5.41) is 0. The van der Waals surface area contributed by atoms with Crippen LogP contribution in [0.5, 0.6) is 0 Å². The van der Waals surface area contributed by atoms with Crippen LogP contribution in [0.1, 0.15) is 84.5 Å². The van der Waals surface area contributed by atoms with Gasteiger partial charge in [0.1, 0.15) is 0 Å². The van der Waals surface area contributed by atoms with Crippen LogP contribution >= 0.6 is 12.1 Å². The smallest absolute Gasteiger partial charge is 0.235 e. The molecule has 1 unspecified atom stereocenters. The van der Waals surface area contributed by atoms with E-state index in [1.807, 2.05) is 0 Å².